The van der Waals surface area contributed by atoms with Crippen molar-refractivity contribution >= 4 is 24.0 Å². The van der Waals surface area contributed by atoms with Crippen LogP contribution >= 0.6 is 12.4 Å². The highest BCUT2D eigenvalue weighted by atomic mass is 35.5. The fourth-order valence-corrected chi connectivity index (χ4v) is 3.09. The molecule has 0 radical (unpaired) electrons. The van der Waals surface area contributed by atoms with Gasteiger partial charge in [0.05, 0.1) is 6.42 Å². The van der Waals surface area contributed by atoms with Gasteiger partial charge in [0, 0.05) is 12.1 Å². The molecule has 7 heteroatoms. The lowest BCUT2D eigenvalue weighted by Gasteiger charge is -2.28. The maximum absolute atomic E-state index is 12.6. The molecule has 1 atom stereocenters. The molecule has 1 amide bonds. The Morgan fingerprint density at radius 1 is 1.29 bits per heavy atom. The van der Waals surface area contributed by atoms with Crippen LogP contribution in [0.15, 0.2) is 24.3 Å². The zero-order chi connectivity index (χ0) is 16.9. The van der Waals surface area contributed by atoms with Crippen LogP contribution in [-0.2, 0) is 11.2 Å². The lowest BCUT2D eigenvalue weighted by atomic mass is 9.84. The predicted molar refractivity (Wildman–Crippen MR) is 91.5 cm³/mol. The molecule has 0 spiro atoms. The van der Waals surface area contributed by atoms with E-state index < -0.39 is 12.6 Å². The second kappa shape index (κ2) is 9.28. The highest BCUT2D eigenvalue weighted by Crippen LogP contribution is 2.27. The third kappa shape index (κ3) is 6.69. The lowest BCUT2D eigenvalue weighted by molar-refractivity contribution is -0.127. The molecule has 1 saturated heterocycles. The first-order valence-corrected chi connectivity index (χ1v) is 8.00. The number of carbonyl (C=O) groups excluding carboxylic acids is 1. The zero-order valence-electron chi connectivity index (χ0n) is 13.7. The highest BCUT2D eigenvalue weighted by Gasteiger charge is 2.29. The van der Waals surface area contributed by atoms with Crippen LogP contribution in [0.25, 0.3) is 0 Å². The molecule has 2 rings (SSSR count). The molecule has 24 heavy (non-hydrogen) atoms. The molecule has 1 unspecified atom stereocenters. The summed E-state index contributed by atoms with van der Waals surface area (Å²) in [5.41, 5.74) is 0.357. The van der Waals surface area contributed by atoms with E-state index in [9.17, 15) is 18.0 Å². The third-order valence-corrected chi connectivity index (χ3v) is 4.38. The van der Waals surface area contributed by atoms with Crippen molar-refractivity contribution in [1.82, 2.24) is 5.32 Å². The first kappa shape index (κ1) is 20.8. The van der Waals surface area contributed by atoms with Gasteiger partial charge >= 0.3 is 6.18 Å². The molecule has 136 valence electrons. The van der Waals surface area contributed by atoms with Crippen LogP contribution in [0.5, 0.6) is 0 Å². The lowest BCUT2D eigenvalue weighted by Crippen LogP contribution is -2.32. The quantitative estimate of drug-likeness (QED) is 0.823. The molecule has 1 fully saturated rings. The van der Waals surface area contributed by atoms with Crippen molar-refractivity contribution < 1.29 is 18.0 Å². The fraction of sp³-hybridized carbons (Fsp3) is 0.588. The topological polar surface area (TPSA) is 41.1 Å². The number of amides is 1. The minimum Gasteiger partial charge on any atom is -0.326 e. The van der Waals surface area contributed by atoms with E-state index in [4.69, 9.17) is 0 Å². The molecule has 2 N–H and O–H groups in total. The van der Waals surface area contributed by atoms with Gasteiger partial charge in [-0.25, -0.2) is 0 Å². The molecule has 3 nitrogen and oxygen atoms in total. The standard InChI is InChI=1S/C17H23F3N2O.ClH/c1-12(13-6-8-21-9-7-13)10-16(23)22-15-5-3-2-4-14(15)11-17(18,19)20;/h2-5,12-13,21H,6-11H2,1H3,(H,22,23);1H. The molecule has 0 bridgehead atoms. The Labute approximate surface area is 146 Å². The molecular formula is C17H24ClF3N2O. The summed E-state index contributed by atoms with van der Waals surface area (Å²) in [5.74, 6) is 0.505. The van der Waals surface area contributed by atoms with Crippen LogP contribution in [0.2, 0.25) is 0 Å². The van der Waals surface area contributed by atoms with Crippen LogP contribution in [0.3, 0.4) is 0 Å². The maximum atomic E-state index is 12.6. The monoisotopic (exact) mass is 364 g/mol. The van der Waals surface area contributed by atoms with E-state index in [1.54, 1.807) is 12.1 Å². The van der Waals surface area contributed by atoms with E-state index in [-0.39, 0.29) is 35.5 Å². The van der Waals surface area contributed by atoms with Gasteiger partial charge in [-0.3, -0.25) is 4.79 Å². The van der Waals surface area contributed by atoms with E-state index in [2.05, 4.69) is 10.6 Å². The Balaban J connectivity index is 0.00000288. The normalized spacial score (nSPS) is 17.0. The molecular weight excluding hydrogens is 341 g/mol. The second-order valence-corrected chi connectivity index (χ2v) is 6.27. The van der Waals surface area contributed by atoms with Gasteiger partial charge in [0.15, 0.2) is 0 Å². The van der Waals surface area contributed by atoms with Crippen LogP contribution in [0.4, 0.5) is 18.9 Å². The highest BCUT2D eigenvalue weighted by molar-refractivity contribution is 5.91. The second-order valence-electron chi connectivity index (χ2n) is 6.27. The first-order valence-electron chi connectivity index (χ1n) is 8.00. The smallest absolute Gasteiger partial charge is 0.326 e. The van der Waals surface area contributed by atoms with E-state index >= 15 is 0 Å². The number of halogens is 4. The van der Waals surface area contributed by atoms with Gasteiger partial charge in [-0.05, 0) is 49.4 Å². The molecule has 1 heterocycles. The Bertz CT molecular complexity index is 531. The Hall–Kier alpha value is -1.27. The fourth-order valence-electron chi connectivity index (χ4n) is 3.09. The van der Waals surface area contributed by atoms with Gasteiger partial charge < -0.3 is 10.6 Å². The zero-order valence-corrected chi connectivity index (χ0v) is 14.5. The summed E-state index contributed by atoms with van der Waals surface area (Å²) in [6.07, 6.45) is -2.90. The van der Waals surface area contributed by atoms with Crippen molar-refractivity contribution in [2.75, 3.05) is 18.4 Å². The van der Waals surface area contributed by atoms with Crippen molar-refractivity contribution in [2.24, 2.45) is 11.8 Å². The van der Waals surface area contributed by atoms with E-state index in [1.807, 2.05) is 6.92 Å². The predicted octanol–water partition coefficient (Wildman–Crippen LogP) is 4.18. The molecule has 0 saturated carbocycles. The van der Waals surface area contributed by atoms with Crippen LogP contribution in [0, 0.1) is 11.8 Å². The van der Waals surface area contributed by atoms with Crippen LogP contribution in [0.1, 0.15) is 31.7 Å². The minimum atomic E-state index is -4.29. The van der Waals surface area contributed by atoms with Gasteiger partial charge in [0.2, 0.25) is 5.91 Å². The number of benzene rings is 1. The van der Waals surface area contributed by atoms with Crippen molar-refractivity contribution in [2.45, 2.75) is 38.8 Å². The summed E-state index contributed by atoms with van der Waals surface area (Å²) in [7, 11) is 0. The average molecular weight is 365 g/mol. The van der Waals surface area contributed by atoms with Gasteiger partial charge in [-0.15, -0.1) is 12.4 Å². The Morgan fingerprint density at radius 2 is 1.92 bits per heavy atom. The third-order valence-electron chi connectivity index (χ3n) is 4.38. The van der Waals surface area contributed by atoms with Crippen molar-refractivity contribution in [1.29, 1.82) is 0 Å². The number of nitrogens with one attached hydrogen (secondary N) is 2. The summed E-state index contributed by atoms with van der Waals surface area (Å²) in [4.78, 5) is 12.2. The number of hydrogen-bond donors (Lipinski definition) is 2. The summed E-state index contributed by atoms with van der Waals surface area (Å²) < 4.78 is 37.8. The number of alkyl halides is 3. The number of rotatable bonds is 5. The van der Waals surface area contributed by atoms with Gasteiger partial charge in [-0.2, -0.15) is 13.2 Å². The van der Waals surface area contributed by atoms with Crippen molar-refractivity contribution in [3.8, 4) is 0 Å². The summed E-state index contributed by atoms with van der Waals surface area (Å²) in [6, 6.07) is 6.10. The van der Waals surface area contributed by atoms with Crippen molar-refractivity contribution in [3.63, 3.8) is 0 Å². The van der Waals surface area contributed by atoms with Crippen molar-refractivity contribution in [3.05, 3.63) is 29.8 Å². The number of carbonyl (C=O) groups is 1. The number of piperidine rings is 1. The molecule has 0 aromatic heterocycles. The molecule has 1 aromatic carbocycles. The molecule has 0 aliphatic carbocycles. The van der Waals surface area contributed by atoms with Crippen LogP contribution < -0.4 is 10.6 Å². The van der Waals surface area contributed by atoms with Gasteiger partial charge in [0.25, 0.3) is 0 Å². The van der Waals surface area contributed by atoms with Gasteiger partial charge in [0.1, 0.15) is 0 Å². The Morgan fingerprint density at radius 3 is 2.54 bits per heavy atom. The SMILES string of the molecule is CC(CC(=O)Nc1ccccc1CC(F)(F)F)C1CCNCC1.Cl. The van der Waals surface area contributed by atoms with E-state index in [0.29, 0.717) is 12.3 Å². The summed E-state index contributed by atoms with van der Waals surface area (Å²) in [5, 5.41) is 5.93. The van der Waals surface area contributed by atoms with E-state index in [1.165, 1.54) is 12.1 Å². The first-order chi connectivity index (χ1) is 10.8. The summed E-state index contributed by atoms with van der Waals surface area (Å²) >= 11 is 0. The average Bonchev–Trinajstić information content (AvgIpc) is 2.48. The number of anilines is 1. The molecule has 1 aliphatic rings. The molecule has 1 aromatic rings. The van der Waals surface area contributed by atoms with Gasteiger partial charge in [-0.1, -0.05) is 25.1 Å². The number of para-hydroxylation sites is 1. The maximum Gasteiger partial charge on any atom is 0.393 e. The molecule has 1 aliphatic heterocycles. The number of hydrogen-bond acceptors (Lipinski definition) is 2. The van der Waals surface area contributed by atoms with E-state index in [0.717, 1.165) is 25.9 Å². The van der Waals surface area contributed by atoms with Crippen LogP contribution in [-0.4, -0.2) is 25.2 Å². The Kier molecular flexibility index (Phi) is 8.03. The minimum absolute atomic E-state index is 0. The largest absolute Gasteiger partial charge is 0.393 e. The summed E-state index contributed by atoms with van der Waals surface area (Å²) in [6.45, 7) is 3.97.